The fourth-order valence-electron chi connectivity index (χ4n) is 1.21. The fourth-order valence-corrected chi connectivity index (χ4v) is 2.73. The molecule has 3 nitrogen and oxygen atoms in total. The van der Waals surface area contributed by atoms with Crippen molar-refractivity contribution in [3.05, 3.63) is 22.2 Å². The molecule has 1 rings (SSSR count). The minimum Gasteiger partial charge on any atom is -0.541 e. The van der Waals surface area contributed by atoms with Crippen molar-refractivity contribution in [2.75, 3.05) is 7.11 Å². The summed E-state index contributed by atoms with van der Waals surface area (Å²) in [7, 11) is -0.140. The largest absolute Gasteiger partial charge is 0.541 e. The van der Waals surface area contributed by atoms with E-state index in [-0.39, 0.29) is 0 Å². The second kappa shape index (κ2) is 5.01. The zero-order valence-electron chi connectivity index (χ0n) is 9.83. The molecule has 1 aromatic carbocycles. The summed E-state index contributed by atoms with van der Waals surface area (Å²) in [5.41, 5.74) is 0.562. The summed E-state index contributed by atoms with van der Waals surface area (Å²) >= 11 is 3.39. The predicted octanol–water partition coefficient (Wildman–Crippen LogP) is 3.48. The highest BCUT2D eigenvalue weighted by atomic mass is 79.9. The van der Waals surface area contributed by atoms with Crippen LogP contribution in [0.1, 0.15) is 10.4 Å². The van der Waals surface area contributed by atoms with E-state index in [0.29, 0.717) is 17.1 Å². The lowest BCUT2D eigenvalue weighted by Gasteiger charge is -2.22. The molecule has 0 fully saturated rings. The Kier molecular flexibility index (Phi) is 4.15. The Morgan fingerprint density at radius 2 is 1.94 bits per heavy atom. The quantitative estimate of drug-likeness (QED) is 0.631. The van der Waals surface area contributed by atoms with Crippen molar-refractivity contribution in [1.29, 1.82) is 0 Å². The average molecular weight is 303 g/mol. The Morgan fingerprint density at radius 1 is 1.31 bits per heavy atom. The Balaban J connectivity index is 3.21. The maximum Gasteiger partial charge on any atom is 0.242 e. The average Bonchev–Trinajstić information content (AvgIpc) is 2.19. The lowest BCUT2D eigenvalue weighted by molar-refractivity contribution is 0.112. The van der Waals surface area contributed by atoms with Crippen LogP contribution >= 0.6 is 15.9 Å². The lowest BCUT2D eigenvalue weighted by Crippen LogP contribution is -2.29. The van der Waals surface area contributed by atoms with E-state index >= 15 is 0 Å². The third-order valence-corrected chi connectivity index (χ3v) is 3.20. The van der Waals surface area contributed by atoms with Crippen molar-refractivity contribution in [2.24, 2.45) is 0 Å². The van der Waals surface area contributed by atoms with Crippen molar-refractivity contribution in [2.45, 2.75) is 19.6 Å². The Hall–Kier alpha value is -0.813. The summed E-state index contributed by atoms with van der Waals surface area (Å²) in [6, 6.07) is 3.40. The van der Waals surface area contributed by atoms with E-state index in [1.54, 1.807) is 19.2 Å². The van der Waals surface area contributed by atoms with Gasteiger partial charge in [0.1, 0.15) is 6.29 Å². The zero-order valence-corrected chi connectivity index (χ0v) is 12.4. The molecule has 0 bridgehead atoms. The molecule has 0 unspecified atom stereocenters. The van der Waals surface area contributed by atoms with Gasteiger partial charge in [0.2, 0.25) is 8.32 Å². The Labute approximate surface area is 105 Å². The van der Waals surface area contributed by atoms with Crippen LogP contribution in [0.25, 0.3) is 0 Å². The van der Waals surface area contributed by atoms with Crippen LogP contribution in [-0.4, -0.2) is 21.7 Å². The molecule has 0 amide bonds. The van der Waals surface area contributed by atoms with Gasteiger partial charge < -0.3 is 9.16 Å². The summed E-state index contributed by atoms with van der Waals surface area (Å²) in [4.78, 5) is 10.7. The van der Waals surface area contributed by atoms with E-state index in [0.717, 1.165) is 10.8 Å². The van der Waals surface area contributed by atoms with Gasteiger partial charge >= 0.3 is 0 Å². The molecule has 0 aliphatic carbocycles. The zero-order chi connectivity index (χ0) is 12.3. The van der Waals surface area contributed by atoms with E-state index in [1.807, 2.05) is 0 Å². The minimum atomic E-state index is -1.70. The first-order chi connectivity index (χ1) is 7.37. The van der Waals surface area contributed by atoms with Crippen LogP contribution in [0.5, 0.6) is 11.5 Å². The van der Waals surface area contributed by atoms with Crippen molar-refractivity contribution in [1.82, 2.24) is 0 Å². The van der Waals surface area contributed by atoms with Crippen LogP contribution < -0.4 is 9.16 Å². The number of hydrogen-bond donors (Lipinski definition) is 0. The van der Waals surface area contributed by atoms with Crippen LogP contribution in [0.2, 0.25) is 19.6 Å². The molecule has 0 aromatic heterocycles. The van der Waals surface area contributed by atoms with Gasteiger partial charge in [0.25, 0.3) is 0 Å². The third kappa shape index (κ3) is 3.35. The molecule has 5 heteroatoms. The smallest absolute Gasteiger partial charge is 0.242 e. The van der Waals surface area contributed by atoms with Gasteiger partial charge in [-0.15, -0.1) is 0 Å². The molecule has 16 heavy (non-hydrogen) atoms. The van der Waals surface area contributed by atoms with E-state index in [4.69, 9.17) is 9.16 Å². The first-order valence-electron chi connectivity index (χ1n) is 4.89. The molecule has 1 aromatic rings. The number of methoxy groups -OCH3 is 1. The number of rotatable bonds is 4. The van der Waals surface area contributed by atoms with Crippen LogP contribution in [0.4, 0.5) is 0 Å². The van der Waals surface area contributed by atoms with Crippen LogP contribution in [0.15, 0.2) is 16.6 Å². The van der Waals surface area contributed by atoms with Gasteiger partial charge in [-0.2, -0.15) is 0 Å². The van der Waals surface area contributed by atoms with Gasteiger partial charge in [0.15, 0.2) is 11.5 Å². The lowest BCUT2D eigenvalue weighted by atomic mass is 10.2. The number of carbonyl (C=O) groups is 1. The van der Waals surface area contributed by atoms with Gasteiger partial charge in [0.05, 0.1) is 11.6 Å². The Morgan fingerprint density at radius 3 is 2.38 bits per heavy atom. The summed E-state index contributed by atoms with van der Waals surface area (Å²) in [5.74, 6) is 1.26. The molecule has 0 N–H and O–H groups in total. The predicted molar refractivity (Wildman–Crippen MR) is 70.1 cm³/mol. The number of hydrogen-bond acceptors (Lipinski definition) is 3. The van der Waals surface area contributed by atoms with E-state index in [1.165, 1.54) is 0 Å². The molecule has 0 aliphatic rings. The molecule has 0 radical (unpaired) electrons. The summed E-state index contributed by atoms with van der Waals surface area (Å²) in [6.45, 7) is 6.27. The number of ether oxygens (including phenoxy) is 1. The molecule has 88 valence electrons. The highest BCUT2D eigenvalue weighted by Gasteiger charge is 2.21. The number of aldehydes is 1. The Bertz CT molecular complexity index is 399. The topological polar surface area (TPSA) is 35.5 Å². The number of halogens is 1. The monoisotopic (exact) mass is 302 g/mol. The van der Waals surface area contributed by atoms with Gasteiger partial charge in [-0.05, 0) is 47.7 Å². The number of benzene rings is 1. The molecule has 0 heterocycles. The maximum absolute atomic E-state index is 10.7. The number of carbonyl (C=O) groups excluding carboxylic acids is 1. The minimum absolute atomic E-state index is 0.562. The standard InChI is InChI=1S/C11H15BrO3Si/c1-14-10-6-8(7-13)5-9(12)11(10)15-16(2,3)4/h5-7H,1-4H3. The second-order valence-corrected chi connectivity index (χ2v) is 9.65. The van der Waals surface area contributed by atoms with E-state index in [9.17, 15) is 4.79 Å². The van der Waals surface area contributed by atoms with Gasteiger partial charge in [-0.1, -0.05) is 0 Å². The molecule has 0 saturated carbocycles. The summed E-state index contributed by atoms with van der Waals surface area (Å²) in [6.07, 6.45) is 0.783. The van der Waals surface area contributed by atoms with Crippen LogP contribution in [-0.2, 0) is 0 Å². The highest BCUT2D eigenvalue weighted by Crippen LogP contribution is 2.37. The molecular weight excluding hydrogens is 288 g/mol. The van der Waals surface area contributed by atoms with Crippen molar-refractivity contribution in [3.8, 4) is 11.5 Å². The van der Waals surface area contributed by atoms with Crippen molar-refractivity contribution in [3.63, 3.8) is 0 Å². The molecule has 0 saturated heterocycles. The molecule has 0 aliphatic heterocycles. The van der Waals surface area contributed by atoms with Crippen molar-refractivity contribution < 1.29 is 14.0 Å². The van der Waals surface area contributed by atoms with Gasteiger partial charge in [-0.3, -0.25) is 4.79 Å². The first-order valence-corrected chi connectivity index (χ1v) is 9.09. The fraction of sp³-hybridized carbons (Fsp3) is 0.364. The normalized spacial score (nSPS) is 11.1. The SMILES string of the molecule is COc1cc(C=O)cc(Br)c1O[Si](C)(C)C. The summed E-state index contributed by atoms with van der Waals surface area (Å²) in [5, 5.41) is 0. The van der Waals surface area contributed by atoms with Crippen LogP contribution in [0.3, 0.4) is 0 Å². The molecule has 0 spiro atoms. The third-order valence-electron chi connectivity index (χ3n) is 1.80. The van der Waals surface area contributed by atoms with Crippen molar-refractivity contribution >= 4 is 30.5 Å². The summed E-state index contributed by atoms with van der Waals surface area (Å²) < 4.78 is 11.9. The van der Waals surface area contributed by atoms with E-state index in [2.05, 4.69) is 35.6 Å². The first kappa shape index (κ1) is 13.3. The molecule has 0 atom stereocenters. The van der Waals surface area contributed by atoms with Gasteiger partial charge in [0, 0.05) is 5.56 Å². The van der Waals surface area contributed by atoms with E-state index < -0.39 is 8.32 Å². The second-order valence-electron chi connectivity index (χ2n) is 4.37. The maximum atomic E-state index is 10.7. The molecular formula is C11H15BrO3Si. The highest BCUT2D eigenvalue weighted by molar-refractivity contribution is 9.10. The van der Waals surface area contributed by atoms with Crippen LogP contribution in [0, 0.1) is 0 Å². The van der Waals surface area contributed by atoms with Gasteiger partial charge in [-0.25, -0.2) is 0 Å².